The average molecular weight is 362 g/mol. The number of nitro groups is 1. The standard InChI is InChI=1S/C15H18N6O5/c1-8-11(10(3)26-17-8)14(22)19-6-5-7-20(19)15(23)13-12(21(24)25)9(2)16-18(13)4/h5-7H2,1-4H3. The fourth-order valence-electron chi connectivity index (χ4n) is 3.18. The number of carbonyl (C=O) groups is 2. The van der Waals surface area contributed by atoms with E-state index in [2.05, 4.69) is 10.3 Å². The maximum absolute atomic E-state index is 13.0. The molecule has 0 aliphatic carbocycles. The number of amides is 2. The summed E-state index contributed by atoms with van der Waals surface area (Å²) in [5, 5.41) is 21.6. The lowest BCUT2D eigenvalue weighted by atomic mass is 10.2. The fourth-order valence-corrected chi connectivity index (χ4v) is 3.18. The highest BCUT2D eigenvalue weighted by atomic mass is 16.6. The summed E-state index contributed by atoms with van der Waals surface area (Å²) in [6, 6.07) is 0. The molecule has 0 aromatic carbocycles. The van der Waals surface area contributed by atoms with E-state index in [0.717, 1.165) is 0 Å². The number of aryl methyl sites for hydroxylation is 4. The summed E-state index contributed by atoms with van der Waals surface area (Å²) in [5.74, 6) is -0.708. The lowest BCUT2D eigenvalue weighted by molar-refractivity contribution is -0.385. The SMILES string of the molecule is Cc1noc(C)c1C(=O)N1CCCN1C(=O)c1c([N+](=O)[O-])c(C)nn1C. The zero-order chi connectivity index (χ0) is 19.2. The van der Waals surface area contributed by atoms with E-state index in [1.165, 1.54) is 28.7 Å². The molecule has 26 heavy (non-hydrogen) atoms. The molecule has 1 fully saturated rings. The van der Waals surface area contributed by atoms with Crippen molar-refractivity contribution in [1.29, 1.82) is 0 Å². The molecule has 1 aliphatic rings. The highest BCUT2D eigenvalue weighted by Crippen LogP contribution is 2.27. The van der Waals surface area contributed by atoms with Crippen LogP contribution in [0.25, 0.3) is 0 Å². The van der Waals surface area contributed by atoms with Crippen molar-refractivity contribution < 1.29 is 19.0 Å². The maximum atomic E-state index is 13.0. The summed E-state index contributed by atoms with van der Waals surface area (Å²) in [5.41, 5.74) is 0.346. The molecule has 0 bridgehead atoms. The molecular formula is C15H18N6O5. The largest absolute Gasteiger partial charge is 0.361 e. The normalized spacial score (nSPS) is 14.2. The summed E-state index contributed by atoms with van der Waals surface area (Å²) in [6.45, 7) is 5.31. The van der Waals surface area contributed by atoms with Gasteiger partial charge in [-0.2, -0.15) is 5.10 Å². The molecule has 2 aromatic heterocycles. The van der Waals surface area contributed by atoms with Gasteiger partial charge in [0, 0.05) is 20.1 Å². The van der Waals surface area contributed by atoms with Gasteiger partial charge in [-0.15, -0.1) is 0 Å². The van der Waals surface area contributed by atoms with Crippen LogP contribution in [0.3, 0.4) is 0 Å². The average Bonchev–Trinajstić information content (AvgIpc) is 3.24. The summed E-state index contributed by atoms with van der Waals surface area (Å²) in [4.78, 5) is 36.6. The minimum absolute atomic E-state index is 0.142. The van der Waals surface area contributed by atoms with E-state index in [-0.39, 0.29) is 23.6 Å². The Kier molecular flexibility index (Phi) is 4.22. The molecular weight excluding hydrogens is 344 g/mol. The zero-order valence-corrected chi connectivity index (χ0v) is 14.8. The van der Waals surface area contributed by atoms with Crippen molar-refractivity contribution >= 4 is 17.5 Å². The van der Waals surface area contributed by atoms with E-state index in [4.69, 9.17) is 4.52 Å². The summed E-state index contributed by atoms with van der Waals surface area (Å²) < 4.78 is 6.20. The number of hydrogen-bond donors (Lipinski definition) is 0. The smallest absolute Gasteiger partial charge is 0.322 e. The van der Waals surface area contributed by atoms with Gasteiger partial charge in [0.05, 0.1) is 10.6 Å². The van der Waals surface area contributed by atoms with Crippen LogP contribution in [-0.4, -0.2) is 54.8 Å². The van der Waals surface area contributed by atoms with Crippen LogP contribution < -0.4 is 0 Å². The van der Waals surface area contributed by atoms with Gasteiger partial charge in [0.25, 0.3) is 11.8 Å². The predicted octanol–water partition coefficient (Wildman–Crippen LogP) is 1.14. The molecule has 0 spiro atoms. The second-order valence-electron chi connectivity index (χ2n) is 6.07. The Morgan fingerprint density at radius 3 is 2.27 bits per heavy atom. The molecule has 1 saturated heterocycles. The van der Waals surface area contributed by atoms with Gasteiger partial charge in [0.15, 0.2) is 0 Å². The summed E-state index contributed by atoms with van der Waals surface area (Å²) >= 11 is 0. The van der Waals surface area contributed by atoms with Crippen molar-refractivity contribution in [1.82, 2.24) is 25.0 Å². The first-order valence-corrected chi connectivity index (χ1v) is 7.98. The third-order valence-corrected chi connectivity index (χ3v) is 4.32. The van der Waals surface area contributed by atoms with Crippen molar-refractivity contribution in [2.75, 3.05) is 13.1 Å². The highest BCUT2D eigenvalue weighted by molar-refractivity contribution is 6.01. The van der Waals surface area contributed by atoms with E-state index < -0.39 is 16.7 Å². The monoisotopic (exact) mass is 362 g/mol. The van der Waals surface area contributed by atoms with Crippen LogP contribution in [-0.2, 0) is 7.05 Å². The third-order valence-electron chi connectivity index (χ3n) is 4.32. The number of carbonyl (C=O) groups excluding carboxylic acids is 2. The van der Waals surface area contributed by atoms with Gasteiger partial charge in [-0.1, -0.05) is 5.16 Å². The van der Waals surface area contributed by atoms with Crippen LogP contribution in [0.15, 0.2) is 4.52 Å². The van der Waals surface area contributed by atoms with E-state index in [9.17, 15) is 19.7 Å². The number of hydrazine groups is 1. The van der Waals surface area contributed by atoms with Crippen molar-refractivity contribution in [3.05, 3.63) is 38.5 Å². The van der Waals surface area contributed by atoms with Crippen LogP contribution in [0.4, 0.5) is 5.69 Å². The Hall–Kier alpha value is -3.24. The summed E-state index contributed by atoms with van der Waals surface area (Å²) in [6.07, 6.45) is 0.561. The Balaban J connectivity index is 1.98. The zero-order valence-electron chi connectivity index (χ0n) is 14.8. The fraction of sp³-hybridized carbons (Fsp3) is 0.467. The minimum Gasteiger partial charge on any atom is -0.361 e. The van der Waals surface area contributed by atoms with E-state index in [1.807, 2.05) is 0 Å². The first-order chi connectivity index (χ1) is 12.2. The number of rotatable bonds is 3. The van der Waals surface area contributed by atoms with Gasteiger partial charge in [-0.3, -0.25) is 24.4 Å². The van der Waals surface area contributed by atoms with Crippen LogP contribution in [0.2, 0.25) is 0 Å². The van der Waals surface area contributed by atoms with E-state index >= 15 is 0 Å². The van der Waals surface area contributed by atoms with Gasteiger partial charge in [-0.25, -0.2) is 10.0 Å². The molecule has 0 saturated carbocycles. The Morgan fingerprint density at radius 2 is 1.73 bits per heavy atom. The molecule has 2 aromatic rings. The van der Waals surface area contributed by atoms with Gasteiger partial charge >= 0.3 is 5.69 Å². The van der Waals surface area contributed by atoms with Crippen LogP contribution in [0.5, 0.6) is 0 Å². The molecule has 0 unspecified atom stereocenters. The number of nitrogens with zero attached hydrogens (tertiary/aromatic N) is 6. The minimum atomic E-state index is -0.641. The second-order valence-corrected chi connectivity index (χ2v) is 6.07. The van der Waals surface area contributed by atoms with Gasteiger partial charge in [0.1, 0.15) is 17.0 Å². The van der Waals surface area contributed by atoms with Crippen molar-refractivity contribution in [2.24, 2.45) is 7.05 Å². The molecule has 0 atom stereocenters. The van der Waals surface area contributed by atoms with Crippen LogP contribution >= 0.6 is 0 Å². The van der Waals surface area contributed by atoms with Crippen molar-refractivity contribution in [3.8, 4) is 0 Å². The van der Waals surface area contributed by atoms with Crippen LogP contribution in [0.1, 0.15) is 44.4 Å². The molecule has 3 rings (SSSR count). The number of hydrogen-bond acceptors (Lipinski definition) is 7. The van der Waals surface area contributed by atoms with Gasteiger partial charge < -0.3 is 4.52 Å². The maximum Gasteiger partial charge on any atom is 0.322 e. The molecule has 138 valence electrons. The lowest BCUT2D eigenvalue weighted by Gasteiger charge is -2.27. The van der Waals surface area contributed by atoms with Crippen molar-refractivity contribution in [2.45, 2.75) is 27.2 Å². The quantitative estimate of drug-likeness (QED) is 0.591. The topological polar surface area (TPSA) is 128 Å². The Morgan fingerprint density at radius 1 is 1.12 bits per heavy atom. The molecule has 11 heteroatoms. The lowest BCUT2D eigenvalue weighted by Crippen LogP contribution is -2.45. The van der Waals surface area contributed by atoms with Crippen molar-refractivity contribution in [3.63, 3.8) is 0 Å². The summed E-state index contributed by atoms with van der Waals surface area (Å²) in [7, 11) is 1.46. The molecule has 1 aliphatic heterocycles. The molecule has 3 heterocycles. The van der Waals surface area contributed by atoms with E-state index in [1.54, 1.807) is 13.8 Å². The first kappa shape index (κ1) is 17.6. The first-order valence-electron chi connectivity index (χ1n) is 7.98. The third kappa shape index (κ3) is 2.61. The predicted molar refractivity (Wildman–Crippen MR) is 87.3 cm³/mol. The molecule has 0 radical (unpaired) electrons. The second kappa shape index (κ2) is 6.24. The van der Waals surface area contributed by atoms with Crippen LogP contribution in [0, 0.1) is 30.9 Å². The molecule has 11 nitrogen and oxygen atoms in total. The molecule has 2 amide bonds. The van der Waals surface area contributed by atoms with Gasteiger partial charge in [-0.05, 0) is 27.2 Å². The van der Waals surface area contributed by atoms with E-state index in [0.29, 0.717) is 30.0 Å². The Labute approximate surface area is 148 Å². The van der Waals surface area contributed by atoms with Gasteiger partial charge in [0.2, 0.25) is 5.69 Å². The Bertz CT molecular complexity index is 895. The number of aromatic nitrogens is 3. The molecule has 0 N–H and O–H groups in total. The highest BCUT2D eigenvalue weighted by Gasteiger charge is 2.39.